The highest BCUT2D eigenvalue weighted by Crippen LogP contribution is 2.44. The first kappa shape index (κ1) is 20.8. The summed E-state index contributed by atoms with van der Waals surface area (Å²) in [5.74, 6) is 0.793. The molecule has 0 atom stereocenters. The summed E-state index contributed by atoms with van der Waals surface area (Å²) in [7, 11) is 0. The minimum absolute atomic E-state index is 0.132. The highest BCUT2D eigenvalue weighted by atomic mass is 19.1. The van der Waals surface area contributed by atoms with Crippen molar-refractivity contribution < 1.29 is 13.9 Å². The van der Waals surface area contributed by atoms with Gasteiger partial charge in [0.25, 0.3) is 0 Å². The van der Waals surface area contributed by atoms with Crippen LogP contribution in [0.5, 0.6) is 0 Å². The summed E-state index contributed by atoms with van der Waals surface area (Å²) in [4.78, 5) is 19.7. The third-order valence-electron chi connectivity index (χ3n) is 6.24. The molecule has 0 bridgehead atoms. The molecule has 0 saturated carbocycles. The Hall–Kier alpha value is -3.03. The summed E-state index contributed by atoms with van der Waals surface area (Å²) in [6.45, 7) is 5.85. The van der Waals surface area contributed by atoms with E-state index in [9.17, 15) is 9.18 Å². The summed E-state index contributed by atoms with van der Waals surface area (Å²) in [6, 6.07) is 10.4. The molecule has 2 aromatic heterocycles. The normalized spacial score (nSPS) is 16.7. The molecule has 5 rings (SSSR count). The number of halogens is 1. The van der Waals surface area contributed by atoms with Crippen LogP contribution in [0, 0.1) is 5.82 Å². The first-order valence-electron chi connectivity index (χ1n) is 11.2. The molecule has 3 aromatic rings. The molecule has 0 aliphatic carbocycles. The third kappa shape index (κ3) is 4.06. The smallest absolute Gasteiger partial charge is 0.179 e. The van der Waals surface area contributed by atoms with Gasteiger partial charge in [-0.3, -0.25) is 14.7 Å². The highest BCUT2D eigenvalue weighted by molar-refractivity contribution is 6.08. The highest BCUT2D eigenvalue weighted by Gasteiger charge is 2.31. The largest absolute Gasteiger partial charge is 0.379 e. The van der Waals surface area contributed by atoms with Crippen molar-refractivity contribution in [3.63, 3.8) is 0 Å². The van der Waals surface area contributed by atoms with Gasteiger partial charge in [0.05, 0.1) is 18.9 Å². The lowest BCUT2D eigenvalue weighted by Gasteiger charge is -2.27. The van der Waals surface area contributed by atoms with Crippen LogP contribution in [0.3, 0.4) is 0 Å². The molecule has 0 amide bonds. The second-order valence-corrected chi connectivity index (χ2v) is 8.25. The summed E-state index contributed by atoms with van der Waals surface area (Å²) in [5.41, 5.74) is 4.39. The fourth-order valence-electron chi connectivity index (χ4n) is 4.69. The number of aromatic nitrogens is 2. The van der Waals surface area contributed by atoms with Gasteiger partial charge < -0.3 is 14.6 Å². The van der Waals surface area contributed by atoms with Gasteiger partial charge in [0.2, 0.25) is 0 Å². The molecule has 0 spiro atoms. The monoisotopic (exact) mass is 434 g/mol. The zero-order valence-corrected chi connectivity index (χ0v) is 18.0. The van der Waals surface area contributed by atoms with Gasteiger partial charge in [0, 0.05) is 62.7 Å². The van der Waals surface area contributed by atoms with Crippen LogP contribution in [-0.4, -0.2) is 59.6 Å². The van der Waals surface area contributed by atoms with Crippen molar-refractivity contribution >= 4 is 11.6 Å². The lowest BCUT2D eigenvalue weighted by atomic mass is 9.94. The van der Waals surface area contributed by atoms with Crippen LogP contribution in [0.2, 0.25) is 0 Å². The summed E-state index contributed by atoms with van der Waals surface area (Å²) >= 11 is 0. The topological polar surface area (TPSA) is 59.4 Å². The van der Waals surface area contributed by atoms with Gasteiger partial charge in [-0.25, -0.2) is 4.39 Å². The van der Waals surface area contributed by atoms with Crippen molar-refractivity contribution in [3.05, 3.63) is 60.3 Å². The number of carbonyl (C=O) groups is 1. The molecule has 2 aliphatic rings. The molecule has 7 heteroatoms. The van der Waals surface area contributed by atoms with E-state index in [0.717, 1.165) is 80.4 Å². The third-order valence-corrected chi connectivity index (χ3v) is 6.24. The zero-order chi connectivity index (χ0) is 21.9. The van der Waals surface area contributed by atoms with Gasteiger partial charge in [-0.15, -0.1) is 0 Å². The number of benzene rings is 1. The zero-order valence-electron chi connectivity index (χ0n) is 18.0. The summed E-state index contributed by atoms with van der Waals surface area (Å²) < 4.78 is 21.3. The number of carbonyl (C=O) groups excluding carboxylic acids is 1. The summed E-state index contributed by atoms with van der Waals surface area (Å²) in [6.07, 6.45) is 4.87. The van der Waals surface area contributed by atoms with E-state index in [2.05, 4.69) is 19.8 Å². The van der Waals surface area contributed by atoms with Gasteiger partial charge in [-0.05, 0) is 41.8 Å². The van der Waals surface area contributed by atoms with Crippen molar-refractivity contribution in [3.8, 4) is 22.3 Å². The van der Waals surface area contributed by atoms with Gasteiger partial charge in [0.15, 0.2) is 5.78 Å². The minimum Gasteiger partial charge on any atom is -0.379 e. The average Bonchev–Trinajstić information content (AvgIpc) is 3.16. The van der Waals surface area contributed by atoms with Crippen LogP contribution in [-0.2, 0) is 11.3 Å². The standard InChI is InChI=1S/C25H27FN4O2/c26-20-5-3-18(4-6-20)22-23(19-7-9-27-10-8-19)25(30-12-1-2-21(31)24(22)30)28-11-13-29-14-16-32-17-15-29/h3-10,28H,1-2,11-17H2. The van der Waals surface area contributed by atoms with Crippen LogP contribution in [0.4, 0.5) is 10.2 Å². The Morgan fingerprint density at radius 1 is 0.969 bits per heavy atom. The van der Waals surface area contributed by atoms with Crippen LogP contribution in [0.15, 0.2) is 48.8 Å². The van der Waals surface area contributed by atoms with Crippen molar-refractivity contribution in [1.29, 1.82) is 0 Å². The predicted octanol–water partition coefficient (Wildman–Crippen LogP) is 4.08. The molecule has 4 heterocycles. The number of fused-ring (bicyclic) bond motifs is 1. The van der Waals surface area contributed by atoms with Crippen LogP contribution < -0.4 is 5.32 Å². The number of Topliss-reactive ketones (excluding diaryl/α,β-unsaturated/α-hetero) is 1. The first-order valence-corrected chi connectivity index (χ1v) is 11.2. The maximum absolute atomic E-state index is 13.7. The Labute approximate surface area is 187 Å². The van der Waals surface area contributed by atoms with Gasteiger partial charge in [0.1, 0.15) is 11.6 Å². The quantitative estimate of drug-likeness (QED) is 0.634. The maximum Gasteiger partial charge on any atom is 0.179 e. The molecule has 2 aliphatic heterocycles. The molecular formula is C25H27FN4O2. The van der Waals surface area contributed by atoms with Crippen molar-refractivity contribution in [1.82, 2.24) is 14.5 Å². The summed E-state index contributed by atoms with van der Waals surface area (Å²) in [5, 5.41) is 3.64. The van der Waals surface area contributed by atoms with E-state index >= 15 is 0 Å². The molecule has 1 saturated heterocycles. The van der Waals surface area contributed by atoms with E-state index in [-0.39, 0.29) is 11.6 Å². The number of ether oxygens (including phenoxy) is 1. The van der Waals surface area contributed by atoms with E-state index < -0.39 is 0 Å². The molecule has 1 aromatic carbocycles. The van der Waals surface area contributed by atoms with Gasteiger partial charge in [-0.1, -0.05) is 12.1 Å². The molecule has 166 valence electrons. The van der Waals surface area contributed by atoms with E-state index in [1.807, 2.05) is 12.1 Å². The second kappa shape index (κ2) is 9.22. The fraction of sp³-hybridized carbons (Fsp3) is 0.360. The number of rotatable bonds is 6. The van der Waals surface area contributed by atoms with E-state index in [0.29, 0.717) is 12.1 Å². The lowest BCUT2D eigenvalue weighted by molar-refractivity contribution is 0.0398. The lowest BCUT2D eigenvalue weighted by Crippen LogP contribution is -2.39. The number of ketones is 1. The molecule has 0 unspecified atom stereocenters. The SMILES string of the molecule is O=C1CCCn2c(NCCN3CCOCC3)c(-c3ccncc3)c(-c3ccc(F)cc3)c21. The number of morpholine rings is 1. The fourth-order valence-corrected chi connectivity index (χ4v) is 4.69. The van der Waals surface area contributed by atoms with Crippen LogP contribution >= 0.6 is 0 Å². The molecule has 6 nitrogen and oxygen atoms in total. The molecular weight excluding hydrogens is 407 g/mol. The van der Waals surface area contributed by atoms with E-state index in [1.54, 1.807) is 24.5 Å². The average molecular weight is 435 g/mol. The van der Waals surface area contributed by atoms with E-state index in [1.165, 1.54) is 12.1 Å². The van der Waals surface area contributed by atoms with E-state index in [4.69, 9.17) is 4.74 Å². The van der Waals surface area contributed by atoms with Crippen molar-refractivity contribution in [2.75, 3.05) is 44.7 Å². The number of anilines is 1. The van der Waals surface area contributed by atoms with Gasteiger partial charge >= 0.3 is 0 Å². The van der Waals surface area contributed by atoms with Gasteiger partial charge in [-0.2, -0.15) is 0 Å². The van der Waals surface area contributed by atoms with Crippen LogP contribution in [0.25, 0.3) is 22.3 Å². The molecule has 0 radical (unpaired) electrons. The Bertz CT molecular complexity index is 1090. The minimum atomic E-state index is -0.289. The second-order valence-electron chi connectivity index (χ2n) is 8.25. The Balaban J connectivity index is 1.60. The van der Waals surface area contributed by atoms with Crippen molar-refractivity contribution in [2.24, 2.45) is 0 Å². The Morgan fingerprint density at radius 2 is 1.69 bits per heavy atom. The number of hydrogen-bond donors (Lipinski definition) is 1. The van der Waals surface area contributed by atoms with Crippen LogP contribution in [0.1, 0.15) is 23.3 Å². The predicted molar refractivity (Wildman–Crippen MR) is 122 cm³/mol. The first-order chi connectivity index (χ1) is 15.7. The number of pyridine rings is 1. The maximum atomic E-state index is 13.7. The Kier molecular flexibility index (Phi) is 6.01. The number of hydrogen-bond acceptors (Lipinski definition) is 5. The number of nitrogens with one attached hydrogen (secondary N) is 1. The molecule has 1 N–H and O–H groups in total. The molecule has 32 heavy (non-hydrogen) atoms. The number of nitrogens with zero attached hydrogens (tertiary/aromatic N) is 3. The Morgan fingerprint density at radius 3 is 2.44 bits per heavy atom. The van der Waals surface area contributed by atoms with Crippen molar-refractivity contribution in [2.45, 2.75) is 19.4 Å². The molecule has 1 fully saturated rings.